The molecule has 0 aliphatic rings. The summed E-state index contributed by atoms with van der Waals surface area (Å²) in [6, 6.07) is 8.35. The first-order chi connectivity index (χ1) is 7.49. The van der Waals surface area contributed by atoms with E-state index in [-0.39, 0.29) is 6.04 Å². The molecule has 1 aromatic rings. The lowest BCUT2D eigenvalue weighted by Crippen LogP contribution is -2.37. The molecule has 0 spiro atoms. The average Bonchev–Trinajstić information content (AvgIpc) is 2.20. The fourth-order valence-electron chi connectivity index (χ4n) is 1.85. The first-order valence-electron chi connectivity index (χ1n) is 5.61. The molecule has 0 saturated heterocycles. The van der Waals surface area contributed by atoms with Gasteiger partial charge in [-0.25, -0.2) is 0 Å². The van der Waals surface area contributed by atoms with E-state index in [0.29, 0.717) is 0 Å². The number of likely N-dealkylation sites (N-methyl/N-ethyl adjacent to an activating group) is 1. The predicted molar refractivity (Wildman–Crippen MR) is 70.9 cm³/mol. The Bertz CT molecular complexity index is 316. The Morgan fingerprint density at radius 1 is 1.31 bits per heavy atom. The van der Waals surface area contributed by atoms with E-state index in [0.717, 1.165) is 11.3 Å². The van der Waals surface area contributed by atoms with E-state index >= 15 is 0 Å². The van der Waals surface area contributed by atoms with Crippen LogP contribution < -0.4 is 5.32 Å². The van der Waals surface area contributed by atoms with Gasteiger partial charge in [-0.2, -0.15) is 0 Å². The van der Waals surface area contributed by atoms with Crippen molar-refractivity contribution in [3.8, 4) is 0 Å². The van der Waals surface area contributed by atoms with Crippen molar-refractivity contribution in [2.45, 2.75) is 37.3 Å². The van der Waals surface area contributed by atoms with Crippen LogP contribution in [0.4, 0.5) is 0 Å². The van der Waals surface area contributed by atoms with Gasteiger partial charge in [0, 0.05) is 4.90 Å². The Hall–Kier alpha value is -0.510. The third-order valence-electron chi connectivity index (χ3n) is 2.52. The number of hydrogen-bond donors (Lipinski definition) is 2. The van der Waals surface area contributed by atoms with Gasteiger partial charge in [-0.05, 0) is 44.3 Å². The molecule has 3 heteroatoms. The van der Waals surface area contributed by atoms with Crippen LogP contribution in [0.15, 0.2) is 29.2 Å². The summed E-state index contributed by atoms with van der Waals surface area (Å²) in [5.41, 5.74) is 0.365. The second-order valence-corrected chi connectivity index (χ2v) is 5.71. The molecule has 0 amide bonds. The molecule has 0 heterocycles. The topological polar surface area (TPSA) is 32.3 Å². The second kappa shape index (κ2) is 5.71. The van der Waals surface area contributed by atoms with E-state index in [4.69, 9.17) is 0 Å². The number of nitrogens with one attached hydrogen (secondary N) is 1. The lowest BCUT2D eigenvalue weighted by atomic mass is 9.92. The molecule has 2 N–H and O–H groups in total. The molecule has 1 unspecified atom stereocenters. The van der Waals surface area contributed by atoms with Crippen LogP contribution in [-0.2, 0) is 0 Å². The van der Waals surface area contributed by atoms with E-state index in [1.807, 2.05) is 32.7 Å². The van der Waals surface area contributed by atoms with Crippen molar-refractivity contribution in [1.82, 2.24) is 5.32 Å². The summed E-state index contributed by atoms with van der Waals surface area (Å²) in [5, 5.41) is 13.2. The minimum atomic E-state index is -0.756. The van der Waals surface area contributed by atoms with Crippen LogP contribution in [0, 0.1) is 0 Å². The second-order valence-electron chi connectivity index (χ2n) is 4.38. The van der Waals surface area contributed by atoms with Gasteiger partial charge in [0.2, 0.25) is 0 Å². The highest BCUT2D eigenvalue weighted by Gasteiger charge is 2.26. The highest BCUT2D eigenvalue weighted by Crippen LogP contribution is 2.27. The maximum absolute atomic E-state index is 10.0. The minimum absolute atomic E-state index is 0.0341. The van der Waals surface area contributed by atoms with Gasteiger partial charge in [0.1, 0.15) is 0 Å². The fourth-order valence-corrected chi connectivity index (χ4v) is 2.51. The van der Waals surface area contributed by atoms with E-state index in [1.165, 1.54) is 4.90 Å². The first kappa shape index (κ1) is 13.6. The summed E-state index contributed by atoms with van der Waals surface area (Å²) in [6.45, 7) is 5.79. The van der Waals surface area contributed by atoms with E-state index in [2.05, 4.69) is 36.5 Å². The molecular formula is C13H21NOS. The number of thioether (sulfide) groups is 1. The van der Waals surface area contributed by atoms with E-state index in [1.54, 1.807) is 0 Å². The molecule has 1 aromatic carbocycles. The van der Waals surface area contributed by atoms with Gasteiger partial charge in [-0.1, -0.05) is 19.1 Å². The van der Waals surface area contributed by atoms with Crippen LogP contribution in [0.3, 0.4) is 0 Å². The lowest BCUT2D eigenvalue weighted by molar-refractivity contribution is 0.0400. The standard InChI is InChI=1S/C13H21NOS/c1-5-16-11-8-6-10(7-9-11)12(14-4)13(2,3)15/h6-9,12,14-15H,5H2,1-4H3. The van der Waals surface area contributed by atoms with Crippen molar-refractivity contribution >= 4 is 11.8 Å². The van der Waals surface area contributed by atoms with Crippen molar-refractivity contribution in [2.75, 3.05) is 12.8 Å². The minimum Gasteiger partial charge on any atom is -0.388 e. The van der Waals surface area contributed by atoms with Gasteiger partial charge in [0.25, 0.3) is 0 Å². The normalized spacial score (nSPS) is 13.8. The molecule has 16 heavy (non-hydrogen) atoms. The molecule has 0 aliphatic carbocycles. The number of aliphatic hydroxyl groups is 1. The summed E-state index contributed by atoms with van der Waals surface area (Å²) >= 11 is 1.83. The number of rotatable bonds is 5. The third-order valence-corrected chi connectivity index (χ3v) is 3.41. The van der Waals surface area contributed by atoms with Gasteiger partial charge in [-0.3, -0.25) is 0 Å². The monoisotopic (exact) mass is 239 g/mol. The van der Waals surface area contributed by atoms with Gasteiger partial charge >= 0.3 is 0 Å². The molecule has 0 fully saturated rings. The molecular weight excluding hydrogens is 218 g/mol. The van der Waals surface area contributed by atoms with Gasteiger partial charge in [0.15, 0.2) is 0 Å². The summed E-state index contributed by atoms with van der Waals surface area (Å²) in [4.78, 5) is 1.27. The van der Waals surface area contributed by atoms with Crippen molar-refractivity contribution in [3.05, 3.63) is 29.8 Å². The fraction of sp³-hybridized carbons (Fsp3) is 0.538. The van der Waals surface area contributed by atoms with Crippen molar-refractivity contribution in [2.24, 2.45) is 0 Å². The largest absolute Gasteiger partial charge is 0.388 e. The van der Waals surface area contributed by atoms with Crippen LogP contribution in [-0.4, -0.2) is 23.5 Å². The van der Waals surface area contributed by atoms with Gasteiger partial charge < -0.3 is 10.4 Å². The Balaban J connectivity index is 2.87. The zero-order valence-electron chi connectivity index (χ0n) is 10.4. The van der Waals surface area contributed by atoms with Crippen LogP contribution in [0.25, 0.3) is 0 Å². The quantitative estimate of drug-likeness (QED) is 0.775. The number of benzene rings is 1. The Morgan fingerprint density at radius 2 is 1.88 bits per heavy atom. The molecule has 1 atom stereocenters. The van der Waals surface area contributed by atoms with Crippen molar-refractivity contribution in [3.63, 3.8) is 0 Å². The van der Waals surface area contributed by atoms with Gasteiger partial charge in [0.05, 0.1) is 11.6 Å². The molecule has 2 nitrogen and oxygen atoms in total. The third kappa shape index (κ3) is 3.51. The zero-order valence-corrected chi connectivity index (χ0v) is 11.3. The Kier molecular flexibility index (Phi) is 4.84. The highest BCUT2D eigenvalue weighted by atomic mass is 32.2. The lowest BCUT2D eigenvalue weighted by Gasteiger charge is -2.29. The predicted octanol–water partition coefficient (Wildman–Crippen LogP) is 2.83. The maximum Gasteiger partial charge on any atom is 0.0785 e. The van der Waals surface area contributed by atoms with Crippen LogP contribution in [0.5, 0.6) is 0 Å². The average molecular weight is 239 g/mol. The number of hydrogen-bond acceptors (Lipinski definition) is 3. The van der Waals surface area contributed by atoms with Crippen molar-refractivity contribution in [1.29, 1.82) is 0 Å². The Labute approximate surface area is 102 Å². The summed E-state index contributed by atoms with van der Waals surface area (Å²) in [5.74, 6) is 1.08. The molecule has 0 bridgehead atoms. The molecule has 0 saturated carbocycles. The Morgan fingerprint density at radius 3 is 2.25 bits per heavy atom. The first-order valence-corrected chi connectivity index (χ1v) is 6.60. The summed E-state index contributed by atoms with van der Waals surface area (Å²) in [6.07, 6.45) is 0. The smallest absolute Gasteiger partial charge is 0.0785 e. The van der Waals surface area contributed by atoms with Gasteiger partial charge in [-0.15, -0.1) is 11.8 Å². The molecule has 90 valence electrons. The van der Waals surface area contributed by atoms with E-state index < -0.39 is 5.60 Å². The van der Waals surface area contributed by atoms with Crippen LogP contribution >= 0.6 is 11.8 Å². The maximum atomic E-state index is 10.0. The summed E-state index contributed by atoms with van der Waals surface area (Å²) in [7, 11) is 1.87. The highest BCUT2D eigenvalue weighted by molar-refractivity contribution is 7.99. The van der Waals surface area contributed by atoms with E-state index in [9.17, 15) is 5.11 Å². The molecule has 0 aliphatic heterocycles. The molecule has 1 rings (SSSR count). The van der Waals surface area contributed by atoms with Crippen molar-refractivity contribution < 1.29 is 5.11 Å². The summed E-state index contributed by atoms with van der Waals surface area (Å²) < 4.78 is 0. The van der Waals surface area contributed by atoms with Crippen LogP contribution in [0.2, 0.25) is 0 Å². The molecule has 0 aromatic heterocycles. The SMILES string of the molecule is CCSc1ccc(C(NC)C(C)(C)O)cc1. The van der Waals surface area contributed by atoms with Crippen LogP contribution in [0.1, 0.15) is 32.4 Å². The zero-order chi connectivity index (χ0) is 12.2. The molecule has 0 radical (unpaired) electrons.